The summed E-state index contributed by atoms with van der Waals surface area (Å²) in [6.45, 7) is 7.59. The highest BCUT2D eigenvalue weighted by molar-refractivity contribution is 7.71. The van der Waals surface area contributed by atoms with Crippen LogP contribution in [0.25, 0.3) is 0 Å². The summed E-state index contributed by atoms with van der Waals surface area (Å²) in [5.41, 5.74) is 1.18. The quantitative estimate of drug-likeness (QED) is 0.845. The number of H-pyrrole nitrogens is 1. The predicted molar refractivity (Wildman–Crippen MR) is 81.0 cm³/mol. The lowest BCUT2D eigenvalue weighted by Crippen LogP contribution is -2.32. The molecule has 1 aromatic heterocycles. The molecular formula is C14H24N4S. The first-order valence-electron chi connectivity index (χ1n) is 6.97. The maximum absolute atomic E-state index is 5.31. The zero-order valence-corrected chi connectivity index (χ0v) is 13.1. The van der Waals surface area contributed by atoms with E-state index in [2.05, 4.69) is 47.7 Å². The molecule has 0 saturated carbocycles. The van der Waals surface area contributed by atoms with Crippen molar-refractivity contribution in [2.75, 3.05) is 33.7 Å². The molecule has 1 aliphatic heterocycles. The molecule has 0 radical (unpaired) electrons. The van der Waals surface area contributed by atoms with Gasteiger partial charge in [0.05, 0.1) is 6.04 Å². The van der Waals surface area contributed by atoms with Gasteiger partial charge in [0.25, 0.3) is 0 Å². The maximum atomic E-state index is 5.31. The standard InChI is InChI=1S/C14H24N4S/c1-10(2)11-8-13(19)16-14(15-11)12-9-17(3)6-5-7-18(12)4/h8,10,12H,5-7,9H2,1-4H3,(H,15,16,19). The van der Waals surface area contributed by atoms with Gasteiger partial charge in [-0.2, -0.15) is 0 Å². The zero-order valence-electron chi connectivity index (χ0n) is 12.3. The fraction of sp³-hybridized carbons (Fsp3) is 0.714. The average molecular weight is 280 g/mol. The Hall–Kier alpha value is -0.780. The van der Waals surface area contributed by atoms with Crippen molar-refractivity contribution in [1.82, 2.24) is 19.8 Å². The Kier molecular flexibility index (Phi) is 4.71. The van der Waals surface area contributed by atoms with Crippen LogP contribution in [0.15, 0.2) is 6.07 Å². The van der Waals surface area contributed by atoms with Crippen molar-refractivity contribution in [1.29, 1.82) is 0 Å². The van der Waals surface area contributed by atoms with Gasteiger partial charge in [-0.3, -0.25) is 4.90 Å². The number of hydrogen-bond acceptors (Lipinski definition) is 4. The molecule has 1 fully saturated rings. The summed E-state index contributed by atoms with van der Waals surface area (Å²) in [6, 6.07) is 2.28. The average Bonchev–Trinajstić information content (AvgIpc) is 2.50. The minimum Gasteiger partial charge on any atom is -0.346 e. The first kappa shape index (κ1) is 14.6. The number of hydrogen-bond donors (Lipinski definition) is 1. The van der Waals surface area contributed by atoms with Crippen molar-refractivity contribution in [3.63, 3.8) is 0 Å². The highest BCUT2D eigenvalue weighted by atomic mass is 32.1. The Morgan fingerprint density at radius 1 is 1.37 bits per heavy atom. The number of nitrogens with zero attached hydrogens (tertiary/aromatic N) is 3. The van der Waals surface area contributed by atoms with Crippen molar-refractivity contribution in [3.05, 3.63) is 22.2 Å². The van der Waals surface area contributed by atoms with Crippen molar-refractivity contribution in [3.8, 4) is 0 Å². The fourth-order valence-electron chi connectivity index (χ4n) is 2.53. The molecule has 1 aliphatic rings. The van der Waals surface area contributed by atoms with Crippen LogP contribution in [0.3, 0.4) is 0 Å². The van der Waals surface area contributed by atoms with E-state index in [9.17, 15) is 0 Å². The van der Waals surface area contributed by atoms with Crippen LogP contribution in [-0.2, 0) is 0 Å². The Bertz CT molecular complexity index is 483. The molecule has 1 unspecified atom stereocenters. The van der Waals surface area contributed by atoms with Crippen LogP contribution < -0.4 is 0 Å². The second-order valence-corrected chi connectivity index (χ2v) is 6.25. The van der Waals surface area contributed by atoms with E-state index in [0.29, 0.717) is 16.6 Å². The van der Waals surface area contributed by atoms with Gasteiger partial charge in [0.1, 0.15) is 10.5 Å². The predicted octanol–water partition coefficient (Wildman–Crippen LogP) is 2.57. The van der Waals surface area contributed by atoms with Gasteiger partial charge in [-0.15, -0.1) is 0 Å². The SMILES string of the molecule is CC(C)c1cc(=S)nc(C2CN(C)CCCN2C)[nH]1. The van der Waals surface area contributed by atoms with E-state index in [1.807, 2.05) is 6.07 Å². The summed E-state index contributed by atoms with van der Waals surface area (Å²) < 4.78 is 0.692. The Balaban J connectivity index is 2.35. The molecule has 106 valence electrons. The van der Waals surface area contributed by atoms with E-state index in [1.54, 1.807) is 0 Å². The monoisotopic (exact) mass is 280 g/mol. The topological polar surface area (TPSA) is 35.2 Å². The van der Waals surface area contributed by atoms with E-state index >= 15 is 0 Å². The number of rotatable bonds is 2. The Morgan fingerprint density at radius 3 is 2.79 bits per heavy atom. The molecule has 2 heterocycles. The molecule has 0 aromatic carbocycles. The molecule has 2 rings (SSSR count). The van der Waals surface area contributed by atoms with Gasteiger partial charge in [0.15, 0.2) is 0 Å². The molecule has 1 aromatic rings. The molecule has 1 saturated heterocycles. The third-order valence-corrected chi connectivity index (χ3v) is 4.00. The van der Waals surface area contributed by atoms with Crippen LogP contribution in [0.5, 0.6) is 0 Å². The van der Waals surface area contributed by atoms with Crippen molar-refractivity contribution in [2.24, 2.45) is 0 Å². The molecule has 0 aliphatic carbocycles. The lowest BCUT2D eigenvalue weighted by atomic mass is 10.1. The summed E-state index contributed by atoms with van der Waals surface area (Å²) >= 11 is 5.31. The van der Waals surface area contributed by atoms with E-state index in [4.69, 9.17) is 12.2 Å². The molecule has 0 amide bonds. The van der Waals surface area contributed by atoms with Gasteiger partial charge in [-0.1, -0.05) is 26.1 Å². The van der Waals surface area contributed by atoms with Gasteiger partial charge >= 0.3 is 0 Å². The third kappa shape index (κ3) is 3.61. The molecule has 1 N–H and O–H groups in total. The number of aromatic amines is 1. The van der Waals surface area contributed by atoms with Gasteiger partial charge in [-0.05, 0) is 45.6 Å². The Labute approximate surface area is 120 Å². The van der Waals surface area contributed by atoms with Crippen LogP contribution in [0, 0.1) is 4.64 Å². The molecule has 1 atom stereocenters. The molecule has 5 heteroatoms. The summed E-state index contributed by atoms with van der Waals surface area (Å²) in [5.74, 6) is 1.45. The number of aromatic nitrogens is 2. The van der Waals surface area contributed by atoms with E-state index in [0.717, 1.165) is 25.5 Å². The van der Waals surface area contributed by atoms with Crippen molar-refractivity contribution < 1.29 is 0 Å². The van der Waals surface area contributed by atoms with Crippen LogP contribution in [0.4, 0.5) is 0 Å². The fourth-order valence-corrected chi connectivity index (χ4v) is 2.76. The first-order valence-corrected chi connectivity index (χ1v) is 7.38. The molecule has 0 spiro atoms. The second kappa shape index (κ2) is 6.11. The highest BCUT2D eigenvalue weighted by Crippen LogP contribution is 2.22. The van der Waals surface area contributed by atoms with Crippen LogP contribution in [0.1, 0.15) is 43.7 Å². The van der Waals surface area contributed by atoms with Crippen LogP contribution >= 0.6 is 12.2 Å². The smallest absolute Gasteiger partial charge is 0.130 e. The zero-order chi connectivity index (χ0) is 14.0. The van der Waals surface area contributed by atoms with E-state index in [-0.39, 0.29) is 0 Å². The third-order valence-electron chi connectivity index (χ3n) is 3.79. The van der Waals surface area contributed by atoms with Gasteiger partial charge < -0.3 is 9.88 Å². The minimum atomic E-state index is 0.299. The minimum absolute atomic E-state index is 0.299. The summed E-state index contributed by atoms with van der Waals surface area (Å²) in [5, 5.41) is 0. The van der Waals surface area contributed by atoms with Gasteiger partial charge in [0, 0.05) is 12.2 Å². The second-order valence-electron chi connectivity index (χ2n) is 5.83. The number of nitrogens with one attached hydrogen (secondary N) is 1. The highest BCUT2D eigenvalue weighted by Gasteiger charge is 2.24. The molecule has 19 heavy (non-hydrogen) atoms. The molecular weight excluding hydrogens is 256 g/mol. The largest absolute Gasteiger partial charge is 0.346 e. The van der Waals surface area contributed by atoms with Crippen molar-refractivity contribution >= 4 is 12.2 Å². The van der Waals surface area contributed by atoms with Gasteiger partial charge in [-0.25, -0.2) is 4.98 Å². The first-order chi connectivity index (χ1) is 8.97. The van der Waals surface area contributed by atoms with Crippen LogP contribution in [-0.4, -0.2) is 53.5 Å². The number of likely N-dealkylation sites (N-methyl/N-ethyl adjacent to an activating group) is 2. The lowest BCUT2D eigenvalue weighted by molar-refractivity contribution is 0.219. The van der Waals surface area contributed by atoms with Crippen LogP contribution in [0.2, 0.25) is 0 Å². The summed E-state index contributed by atoms with van der Waals surface area (Å²) in [6.07, 6.45) is 1.20. The Morgan fingerprint density at radius 2 is 2.11 bits per heavy atom. The molecule has 0 bridgehead atoms. The van der Waals surface area contributed by atoms with E-state index in [1.165, 1.54) is 12.1 Å². The normalized spacial score (nSPS) is 22.7. The maximum Gasteiger partial charge on any atom is 0.130 e. The lowest BCUT2D eigenvalue weighted by Gasteiger charge is -2.27. The van der Waals surface area contributed by atoms with E-state index < -0.39 is 0 Å². The summed E-state index contributed by atoms with van der Waals surface area (Å²) in [7, 11) is 4.34. The summed E-state index contributed by atoms with van der Waals surface area (Å²) in [4.78, 5) is 12.8. The molecule has 4 nitrogen and oxygen atoms in total. The van der Waals surface area contributed by atoms with Gasteiger partial charge in [0.2, 0.25) is 0 Å². The van der Waals surface area contributed by atoms with Crippen molar-refractivity contribution in [2.45, 2.75) is 32.2 Å².